The van der Waals surface area contributed by atoms with Gasteiger partial charge in [0.05, 0.1) is 10.0 Å². The molecule has 2 heterocycles. The van der Waals surface area contributed by atoms with Gasteiger partial charge in [0, 0.05) is 43.7 Å². The average molecular weight is 385 g/mol. The minimum atomic E-state index is 0.193. The van der Waals surface area contributed by atoms with Gasteiger partial charge in [0.25, 0.3) is 0 Å². The predicted octanol–water partition coefficient (Wildman–Crippen LogP) is 4.83. The lowest BCUT2D eigenvalue weighted by molar-refractivity contribution is 0.144. The monoisotopic (exact) mass is 384 g/mol. The summed E-state index contributed by atoms with van der Waals surface area (Å²) in [5, 5.41) is 4.91. The summed E-state index contributed by atoms with van der Waals surface area (Å²) < 4.78 is 0. The number of piperidine rings is 1. The Balaban J connectivity index is 1.30. The van der Waals surface area contributed by atoms with E-state index in [0.717, 1.165) is 38.2 Å². The van der Waals surface area contributed by atoms with Crippen LogP contribution in [0.2, 0.25) is 10.0 Å². The molecule has 4 heteroatoms. The van der Waals surface area contributed by atoms with Gasteiger partial charge < -0.3 is 10.2 Å². The van der Waals surface area contributed by atoms with E-state index in [1.54, 1.807) is 6.07 Å². The normalized spacial score (nSPS) is 18.4. The highest BCUT2D eigenvalue weighted by molar-refractivity contribution is 6.42. The number of hydrogen-bond acceptors (Lipinski definition) is 2. The van der Waals surface area contributed by atoms with E-state index in [4.69, 9.17) is 23.2 Å². The van der Waals surface area contributed by atoms with E-state index >= 15 is 0 Å². The van der Waals surface area contributed by atoms with Crippen LogP contribution in [-0.4, -0.2) is 24.5 Å². The Hall–Kier alpha value is -1.50. The molecule has 0 amide bonds. The smallest absolute Gasteiger partial charge is 0.0604 e. The van der Waals surface area contributed by atoms with E-state index in [2.05, 4.69) is 46.3 Å². The van der Waals surface area contributed by atoms with Gasteiger partial charge in [-0.15, -0.1) is 0 Å². The summed E-state index contributed by atoms with van der Waals surface area (Å²) in [5.74, 6) is 6.45. The van der Waals surface area contributed by atoms with Crippen LogP contribution in [0.1, 0.15) is 36.0 Å². The minimum absolute atomic E-state index is 0.193. The molecule has 1 spiro atoms. The van der Waals surface area contributed by atoms with Gasteiger partial charge in [-0.25, -0.2) is 0 Å². The number of benzene rings is 2. The Morgan fingerprint density at radius 2 is 1.85 bits per heavy atom. The van der Waals surface area contributed by atoms with Gasteiger partial charge in [0.1, 0.15) is 0 Å². The Morgan fingerprint density at radius 1 is 1.04 bits per heavy atom. The zero-order valence-corrected chi connectivity index (χ0v) is 16.2. The summed E-state index contributed by atoms with van der Waals surface area (Å²) in [6, 6.07) is 14.4. The Labute approximate surface area is 165 Å². The molecular weight excluding hydrogens is 363 g/mol. The largest absolute Gasteiger partial charge is 0.303 e. The van der Waals surface area contributed by atoms with Crippen LogP contribution in [0.5, 0.6) is 0 Å². The molecule has 0 radical (unpaired) electrons. The van der Waals surface area contributed by atoms with Gasteiger partial charge in [-0.05, 0) is 42.2 Å². The summed E-state index contributed by atoms with van der Waals surface area (Å²) in [6.45, 7) is 4.27. The lowest BCUT2D eigenvalue weighted by Gasteiger charge is -2.40. The zero-order chi connectivity index (χ0) is 18.0. The predicted molar refractivity (Wildman–Crippen MR) is 109 cm³/mol. The number of nitrogens with zero attached hydrogens (tertiary/aromatic N) is 1. The average Bonchev–Trinajstić information content (AvgIpc) is 3.02. The highest BCUT2D eigenvalue weighted by Gasteiger charge is 2.40. The fourth-order valence-electron chi connectivity index (χ4n) is 4.06. The van der Waals surface area contributed by atoms with E-state index < -0.39 is 0 Å². The third kappa shape index (κ3) is 3.63. The molecule has 134 valence electrons. The maximum absolute atomic E-state index is 6.03. The molecule has 1 saturated heterocycles. The molecule has 0 aliphatic carbocycles. The van der Waals surface area contributed by atoms with Crippen molar-refractivity contribution >= 4 is 23.2 Å². The molecule has 0 saturated carbocycles. The van der Waals surface area contributed by atoms with Gasteiger partial charge in [-0.2, -0.15) is 0 Å². The van der Waals surface area contributed by atoms with Crippen LogP contribution in [0.15, 0.2) is 42.5 Å². The van der Waals surface area contributed by atoms with E-state index in [-0.39, 0.29) is 5.54 Å². The quantitative estimate of drug-likeness (QED) is 0.745. The summed E-state index contributed by atoms with van der Waals surface area (Å²) in [5.41, 5.74) is 4.09. The maximum Gasteiger partial charge on any atom is 0.0604 e. The van der Waals surface area contributed by atoms with Gasteiger partial charge in [0.2, 0.25) is 0 Å². The van der Waals surface area contributed by atoms with Crippen LogP contribution in [0.4, 0.5) is 0 Å². The van der Waals surface area contributed by atoms with E-state index in [9.17, 15) is 0 Å². The fourth-order valence-corrected chi connectivity index (χ4v) is 4.36. The van der Waals surface area contributed by atoms with Crippen molar-refractivity contribution in [2.24, 2.45) is 0 Å². The number of hydrogen-bond donors (Lipinski definition) is 1. The van der Waals surface area contributed by atoms with Crippen molar-refractivity contribution in [1.29, 1.82) is 0 Å². The number of rotatable bonds is 2. The zero-order valence-electron chi connectivity index (χ0n) is 14.7. The van der Waals surface area contributed by atoms with E-state index in [0.29, 0.717) is 10.0 Å². The molecule has 0 unspecified atom stereocenters. The maximum atomic E-state index is 6.03. The highest BCUT2D eigenvalue weighted by Crippen LogP contribution is 2.39. The van der Waals surface area contributed by atoms with E-state index in [1.165, 1.54) is 24.0 Å². The highest BCUT2D eigenvalue weighted by atomic mass is 35.5. The summed E-state index contributed by atoms with van der Waals surface area (Å²) in [6.07, 6.45) is 3.21. The van der Waals surface area contributed by atoms with Gasteiger partial charge in [-0.3, -0.25) is 0 Å². The van der Waals surface area contributed by atoms with Crippen LogP contribution >= 0.6 is 23.2 Å². The second-order valence-corrected chi connectivity index (χ2v) is 7.93. The molecule has 2 aromatic carbocycles. The molecule has 2 nitrogen and oxygen atoms in total. The number of likely N-dealkylation sites (tertiary alicyclic amines) is 1. The first-order chi connectivity index (χ1) is 12.7. The first-order valence-electron chi connectivity index (χ1n) is 9.16. The molecule has 26 heavy (non-hydrogen) atoms. The SMILES string of the molecule is Clc1ccc(C#CCCN2CCC3(CC2)NCc2ccccc23)cc1Cl. The van der Waals surface area contributed by atoms with Crippen molar-refractivity contribution in [3.05, 3.63) is 69.2 Å². The number of nitrogens with one attached hydrogen (secondary N) is 1. The molecule has 2 aliphatic heterocycles. The molecule has 2 aliphatic rings. The van der Waals surface area contributed by atoms with Crippen LogP contribution in [-0.2, 0) is 12.1 Å². The van der Waals surface area contributed by atoms with Crippen LogP contribution in [0.25, 0.3) is 0 Å². The topological polar surface area (TPSA) is 15.3 Å². The molecule has 1 N–H and O–H groups in total. The van der Waals surface area contributed by atoms with Crippen molar-refractivity contribution in [1.82, 2.24) is 10.2 Å². The first-order valence-corrected chi connectivity index (χ1v) is 9.92. The molecule has 2 aromatic rings. The van der Waals surface area contributed by atoms with Crippen LogP contribution in [0, 0.1) is 11.8 Å². The lowest BCUT2D eigenvalue weighted by atomic mass is 9.82. The number of halogens is 2. The molecule has 0 aromatic heterocycles. The van der Waals surface area contributed by atoms with Crippen molar-refractivity contribution in [2.45, 2.75) is 31.3 Å². The van der Waals surface area contributed by atoms with Gasteiger partial charge in [0.15, 0.2) is 0 Å². The Morgan fingerprint density at radius 3 is 2.65 bits per heavy atom. The fraction of sp³-hybridized carbons (Fsp3) is 0.364. The third-order valence-electron chi connectivity index (χ3n) is 5.57. The van der Waals surface area contributed by atoms with Crippen molar-refractivity contribution in [2.75, 3.05) is 19.6 Å². The second kappa shape index (κ2) is 7.62. The summed E-state index contributed by atoms with van der Waals surface area (Å²) >= 11 is 12.0. The molecular formula is C22H22Cl2N2. The van der Waals surface area contributed by atoms with E-state index in [1.807, 2.05) is 12.1 Å². The Kier molecular flexibility index (Phi) is 5.25. The third-order valence-corrected chi connectivity index (χ3v) is 6.30. The van der Waals surface area contributed by atoms with Gasteiger partial charge in [-0.1, -0.05) is 59.3 Å². The van der Waals surface area contributed by atoms with Crippen molar-refractivity contribution in [3.63, 3.8) is 0 Å². The molecule has 1 fully saturated rings. The molecule has 0 atom stereocenters. The standard InChI is InChI=1S/C22H22Cl2N2/c23-20-9-8-17(15-21(20)24)5-3-4-12-26-13-10-22(11-14-26)19-7-2-1-6-18(19)16-25-22/h1-2,6-9,15,25H,4,10-14,16H2. The molecule has 4 rings (SSSR count). The molecule has 0 bridgehead atoms. The first kappa shape index (κ1) is 17.9. The second-order valence-electron chi connectivity index (χ2n) is 7.12. The van der Waals surface area contributed by atoms with Crippen molar-refractivity contribution in [3.8, 4) is 11.8 Å². The summed E-state index contributed by atoms with van der Waals surface area (Å²) in [7, 11) is 0. The van der Waals surface area contributed by atoms with Gasteiger partial charge >= 0.3 is 0 Å². The Bertz CT molecular complexity index is 858. The lowest BCUT2D eigenvalue weighted by Crippen LogP contribution is -2.48. The summed E-state index contributed by atoms with van der Waals surface area (Å²) in [4.78, 5) is 2.53. The minimum Gasteiger partial charge on any atom is -0.303 e. The van der Waals surface area contributed by atoms with Crippen molar-refractivity contribution < 1.29 is 0 Å². The van der Waals surface area contributed by atoms with Crippen LogP contribution in [0.3, 0.4) is 0 Å². The number of fused-ring (bicyclic) bond motifs is 2. The van der Waals surface area contributed by atoms with Crippen LogP contribution < -0.4 is 5.32 Å².